The lowest BCUT2D eigenvalue weighted by Crippen LogP contribution is -2.31. The van der Waals surface area contributed by atoms with Crippen LogP contribution in [0.25, 0.3) is 10.9 Å². The number of hydrogen-bond acceptors (Lipinski definition) is 7. The van der Waals surface area contributed by atoms with Crippen LogP contribution < -0.4 is 15.0 Å². The Morgan fingerprint density at radius 3 is 2.90 bits per heavy atom. The minimum absolute atomic E-state index is 0.320. The minimum atomic E-state index is -0.543. The van der Waals surface area contributed by atoms with E-state index in [1.807, 2.05) is 24.3 Å². The molecule has 1 aliphatic heterocycles. The summed E-state index contributed by atoms with van der Waals surface area (Å²) in [6, 6.07) is 11.1. The SMILES string of the molecule is COc1ccc2ncnc(N3CCc4ncc(Nc5cccnc5F)cc4C3)c2c1. The monoisotopic (exact) mass is 402 g/mol. The van der Waals surface area contributed by atoms with Gasteiger partial charge in [0.25, 0.3) is 0 Å². The van der Waals surface area contributed by atoms with Crippen LogP contribution in [-0.4, -0.2) is 33.6 Å². The highest BCUT2D eigenvalue weighted by Crippen LogP contribution is 2.31. The molecule has 4 aromatic rings. The Bertz CT molecular complexity index is 1230. The van der Waals surface area contributed by atoms with Crippen LogP contribution in [-0.2, 0) is 13.0 Å². The van der Waals surface area contributed by atoms with E-state index in [1.54, 1.807) is 31.8 Å². The fourth-order valence-electron chi connectivity index (χ4n) is 3.71. The largest absolute Gasteiger partial charge is 0.497 e. The van der Waals surface area contributed by atoms with Gasteiger partial charge in [0.05, 0.1) is 30.2 Å². The molecule has 0 amide bonds. The lowest BCUT2D eigenvalue weighted by atomic mass is 10.0. The van der Waals surface area contributed by atoms with Crippen LogP contribution in [0, 0.1) is 5.95 Å². The van der Waals surface area contributed by atoms with E-state index in [9.17, 15) is 4.39 Å². The second-order valence-corrected chi connectivity index (χ2v) is 7.05. The number of methoxy groups -OCH3 is 1. The Morgan fingerprint density at radius 1 is 1.10 bits per heavy atom. The molecule has 0 fully saturated rings. The number of hydrogen-bond donors (Lipinski definition) is 1. The van der Waals surface area contributed by atoms with E-state index in [2.05, 4.69) is 30.2 Å². The molecule has 4 heterocycles. The van der Waals surface area contributed by atoms with Gasteiger partial charge in [0, 0.05) is 36.8 Å². The number of nitrogens with one attached hydrogen (secondary N) is 1. The zero-order valence-electron chi connectivity index (χ0n) is 16.3. The quantitative estimate of drug-likeness (QED) is 0.519. The van der Waals surface area contributed by atoms with Crippen LogP contribution in [0.4, 0.5) is 21.6 Å². The topological polar surface area (TPSA) is 76.1 Å². The molecule has 0 atom stereocenters. The van der Waals surface area contributed by atoms with Gasteiger partial charge in [-0.1, -0.05) is 0 Å². The molecule has 0 saturated heterocycles. The minimum Gasteiger partial charge on any atom is -0.497 e. The van der Waals surface area contributed by atoms with Crippen LogP contribution in [0.2, 0.25) is 0 Å². The van der Waals surface area contributed by atoms with Crippen molar-refractivity contribution in [2.24, 2.45) is 0 Å². The Morgan fingerprint density at radius 2 is 2.03 bits per heavy atom. The zero-order valence-corrected chi connectivity index (χ0v) is 16.3. The number of halogens is 1. The first-order valence-corrected chi connectivity index (χ1v) is 9.60. The molecule has 3 aromatic heterocycles. The summed E-state index contributed by atoms with van der Waals surface area (Å²) in [6.45, 7) is 1.45. The first-order valence-electron chi connectivity index (χ1n) is 9.60. The van der Waals surface area contributed by atoms with Crippen LogP contribution >= 0.6 is 0 Å². The predicted octanol–water partition coefficient (Wildman–Crippen LogP) is 3.87. The maximum Gasteiger partial charge on any atom is 0.236 e. The lowest BCUT2D eigenvalue weighted by molar-refractivity contribution is 0.415. The van der Waals surface area contributed by atoms with Gasteiger partial charge in [-0.25, -0.2) is 15.0 Å². The second kappa shape index (κ2) is 7.55. The molecule has 0 unspecified atom stereocenters. The van der Waals surface area contributed by atoms with Gasteiger partial charge in [0.1, 0.15) is 17.9 Å². The summed E-state index contributed by atoms with van der Waals surface area (Å²) in [5.74, 6) is 1.09. The van der Waals surface area contributed by atoms with Crippen molar-refractivity contribution in [2.75, 3.05) is 23.9 Å². The van der Waals surface area contributed by atoms with Crippen molar-refractivity contribution in [3.05, 3.63) is 72.3 Å². The number of rotatable bonds is 4. The third-order valence-corrected chi connectivity index (χ3v) is 5.20. The van der Waals surface area contributed by atoms with Crippen molar-refractivity contribution in [3.8, 4) is 5.75 Å². The number of aromatic nitrogens is 4. The van der Waals surface area contributed by atoms with E-state index < -0.39 is 5.95 Å². The summed E-state index contributed by atoms with van der Waals surface area (Å²) in [6.07, 6.45) is 5.53. The summed E-state index contributed by atoms with van der Waals surface area (Å²) in [5, 5.41) is 4.01. The van der Waals surface area contributed by atoms with Crippen molar-refractivity contribution in [1.82, 2.24) is 19.9 Å². The maximum atomic E-state index is 13.9. The normalized spacial score (nSPS) is 13.2. The molecule has 1 aromatic carbocycles. The molecule has 7 nitrogen and oxygen atoms in total. The smallest absolute Gasteiger partial charge is 0.236 e. The van der Waals surface area contributed by atoms with Gasteiger partial charge in [0.2, 0.25) is 5.95 Å². The third kappa shape index (κ3) is 3.36. The molecule has 0 radical (unpaired) electrons. The van der Waals surface area contributed by atoms with E-state index in [1.165, 1.54) is 6.20 Å². The number of benzene rings is 1. The van der Waals surface area contributed by atoms with E-state index in [4.69, 9.17) is 4.74 Å². The van der Waals surface area contributed by atoms with Crippen LogP contribution in [0.15, 0.2) is 55.1 Å². The van der Waals surface area contributed by atoms with Gasteiger partial charge in [0.15, 0.2) is 0 Å². The number of ether oxygens (including phenoxy) is 1. The Labute approximate surface area is 172 Å². The van der Waals surface area contributed by atoms with Crippen molar-refractivity contribution >= 4 is 28.1 Å². The Kier molecular flexibility index (Phi) is 4.59. The maximum absolute atomic E-state index is 13.9. The first-order chi connectivity index (χ1) is 14.7. The summed E-state index contributed by atoms with van der Waals surface area (Å²) >= 11 is 0. The van der Waals surface area contributed by atoms with E-state index in [-0.39, 0.29) is 0 Å². The molecule has 0 bridgehead atoms. The van der Waals surface area contributed by atoms with Crippen molar-refractivity contribution < 1.29 is 9.13 Å². The zero-order chi connectivity index (χ0) is 20.5. The molecule has 5 rings (SSSR count). The van der Waals surface area contributed by atoms with Crippen molar-refractivity contribution in [1.29, 1.82) is 0 Å². The average Bonchev–Trinajstić information content (AvgIpc) is 2.79. The fraction of sp³-hybridized carbons (Fsp3) is 0.182. The summed E-state index contributed by atoms with van der Waals surface area (Å²) < 4.78 is 19.3. The standard InChI is InChI=1S/C22H19FN6O/c1-30-16-4-5-19-17(10-16)22(27-13-26-19)29-8-6-18-14(12-29)9-15(11-25-18)28-20-3-2-7-24-21(20)23/h2-5,7,9-11,13,28H,6,8,12H2,1H3. The Hall–Kier alpha value is -3.81. The summed E-state index contributed by atoms with van der Waals surface area (Å²) in [4.78, 5) is 19.4. The van der Waals surface area contributed by atoms with E-state index >= 15 is 0 Å². The molecule has 30 heavy (non-hydrogen) atoms. The molecule has 1 N–H and O–H groups in total. The number of fused-ring (bicyclic) bond motifs is 2. The van der Waals surface area contributed by atoms with Crippen molar-refractivity contribution in [2.45, 2.75) is 13.0 Å². The lowest BCUT2D eigenvalue weighted by Gasteiger charge is -2.30. The number of anilines is 3. The fourth-order valence-corrected chi connectivity index (χ4v) is 3.71. The third-order valence-electron chi connectivity index (χ3n) is 5.20. The highest BCUT2D eigenvalue weighted by atomic mass is 19.1. The summed E-state index contributed by atoms with van der Waals surface area (Å²) in [7, 11) is 1.65. The van der Waals surface area contributed by atoms with Crippen molar-refractivity contribution in [3.63, 3.8) is 0 Å². The highest BCUT2D eigenvalue weighted by Gasteiger charge is 2.21. The van der Waals surface area contributed by atoms with Crippen LogP contribution in [0.5, 0.6) is 5.75 Å². The molecule has 1 aliphatic rings. The Balaban J connectivity index is 1.46. The number of pyridine rings is 2. The van der Waals surface area contributed by atoms with Crippen LogP contribution in [0.3, 0.4) is 0 Å². The highest BCUT2D eigenvalue weighted by molar-refractivity contribution is 5.90. The van der Waals surface area contributed by atoms with E-state index in [0.29, 0.717) is 12.2 Å². The van der Waals surface area contributed by atoms with Gasteiger partial charge in [-0.2, -0.15) is 4.39 Å². The van der Waals surface area contributed by atoms with Gasteiger partial charge < -0.3 is 15.0 Å². The van der Waals surface area contributed by atoms with Gasteiger partial charge in [-0.15, -0.1) is 0 Å². The van der Waals surface area contributed by atoms with E-state index in [0.717, 1.165) is 52.4 Å². The molecule has 0 aliphatic carbocycles. The predicted molar refractivity (Wildman–Crippen MR) is 113 cm³/mol. The first kappa shape index (κ1) is 18.2. The number of nitrogens with zero attached hydrogens (tertiary/aromatic N) is 5. The second-order valence-electron chi connectivity index (χ2n) is 7.05. The molecular formula is C22H19FN6O. The summed E-state index contributed by atoms with van der Waals surface area (Å²) in [5.41, 5.74) is 4.02. The average molecular weight is 402 g/mol. The molecule has 150 valence electrons. The molecule has 0 saturated carbocycles. The van der Waals surface area contributed by atoms with Gasteiger partial charge in [-0.3, -0.25) is 4.98 Å². The molecule has 8 heteroatoms. The van der Waals surface area contributed by atoms with Crippen LogP contribution in [0.1, 0.15) is 11.3 Å². The molecular weight excluding hydrogens is 383 g/mol. The molecule has 0 spiro atoms. The van der Waals surface area contributed by atoms with Gasteiger partial charge in [-0.05, 0) is 42.0 Å². The van der Waals surface area contributed by atoms with Gasteiger partial charge >= 0.3 is 0 Å².